The highest BCUT2D eigenvalue weighted by Crippen LogP contribution is 2.23. The van der Waals surface area contributed by atoms with Crippen molar-refractivity contribution in [3.63, 3.8) is 0 Å². The minimum atomic E-state index is -0.0261. The van der Waals surface area contributed by atoms with Crippen LogP contribution in [0, 0.1) is 13.8 Å². The predicted octanol–water partition coefficient (Wildman–Crippen LogP) is 2.61. The van der Waals surface area contributed by atoms with Gasteiger partial charge in [-0.3, -0.25) is 0 Å². The molecule has 1 aromatic carbocycles. The summed E-state index contributed by atoms with van der Waals surface area (Å²) in [7, 11) is 1.72. The summed E-state index contributed by atoms with van der Waals surface area (Å²) >= 11 is 0. The lowest BCUT2D eigenvalue weighted by molar-refractivity contribution is 0.231. The molecule has 0 fully saturated rings. The maximum atomic E-state index is 9.01. The van der Waals surface area contributed by atoms with Gasteiger partial charge in [-0.05, 0) is 69.8 Å². The number of hydrogen-bond acceptors (Lipinski definition) is 3. The fourth-order valence-electron chi connectivity index (χ4n) is 2.14. The number of nitrogens with one attached hydrogen (secondary N) is 1. The lowest BCUT2D eigenvalue weighted by Crippen LogP contribution is -2.41. The summed E-state index contributed by atoms with van der Waals surface area (Å²) in [5, 5.41) is 12.5. The molecule has 1 rings (SSSR count). The van der Waals surface area contributed by atoms with E-state index in [-0.39, 0.29) is 12.1 Å². The van der Waals surface area contributed by atoms with Gasteiger partial charge in [-0.2, -0.15) is 0 Å². The Morgan fingerprint density at radius 2 is 1.84 bits per heavy atom. The molecule has 2 N–H and O–H groups in total. The highest BCUT2D eigenvalue weighted by atomic mass is 16.5. The van der Waals surface area contributed by atoms with Gasteiger partial charge in [0.25, 0.3) is 0 Å². The first kappa shape index (κ1) is 16.0. The van der Waals surface area contributed by atoms with Gasteiger partial charge in [0.2, 0.25) is 0 Å². The molecule has 3 nitrogen and oxygen atoms in total. The van der Waals surface area contributed by atoms with Crippen molar-refractivity contribution in [2.45, 2.75) is 46.1 Å². The van der Waals surface area contributed by atoms with Crippen LogP contribution in [0.5, 0.6) is 5.75 Å². The zero-order valence-corrected chi connectivity index (χ0v) is 12.8. The Hall–Kier alpha value is -1.06. The third-order valence-electron chi connectivity index (χ3n) is 3.63. The summed E-state index contributed by atoms with van der Waals surface area (Å²) < 4.78 is 5.44. The molecule has 0 bridgehead atoms. The molecule has 1 aromatic rings. The van der Waals surface area contributed by atoms with Crippen molar-refractivity contribution < 1.29 is 9.84 Å². The molecule has 0 spiro atoms. The Bertz CT molecular complexity index is 413. The number of ether oxygens (including phenoxy) is 1. The SMILES string of the molecule is COc1cc(C)c(C)cc1CCNC(C)(C)CCO. The van der Waals surface area contributed by atoms with E-state index in [0.717, 1.165) is 25.1 Å². The first-order valence-corrected chi connectivity index (χ1v) is 6.89. The van der Waals surface area contributed by atoms with E-state index in [2.05, 4.69) is 45.1 Å². The second-order valence-electron chi connectivity index (χ2n) is 5.78. The van der Waals surface area contributed by atoms with Crippen molar-refractivity contribution in [1.29, 1.82) is 0 Å². The third-order valence-corrected chi connectivity index (χ3v) is 3.63. The van der Waals surface area contributed by atoms with Crippen LogP contribution in [0.3, 0.4) is 0 Å². The van der Waals surface area contributed by atoms with Gasteiger partial charge in [-0.15, -0.1) is 0 Å². The number of aryl methyl sites for hydroxylation is 2. The topological polar surface area (TPSA) is 41.5 Å². The van der Waals surface area contributed by atoms with Gasteiger partial charge in [0.15, 0.2) is 0 Å². The van der Waals surface area contributed by atoms with E-state index in [9.17, 15) is 0 Å². The van der Waals surface area contributed by atoms with Crippen LogP contribution >= 0.6 is 0 Å². The van der Waals surface area contributed by atoms with Gasteiger partial charge < -0.3 is 15.2 Å². The number of methoxy groups -OCH3 is 1. The number of hydrogen-bond donors (Lipinski definition) is 2. The maximum absolute atomic E-state index is 9.01. The van der Waals surface area contributed by atoms with Crippen molar-refractivity contribution >= 4 is 0 Å². The normalized spacial score (nSPS) is 11.7. The molecule has 0 aliphatic heterocycles. The van der Waals surface area contributed by atoms with E-state index in [1.165, 1.54) is 16.7 Å². The van der Waals surface area contributed by atoms with Crippen LogP contribution in [0.1, 0.15) is 37.0 Å². The summed E-state index contributed by atoms with van der Waals surface area (Å²) in [6.07, 6.45) is 1.69. The second-order valence-corrected chi connectivity index (χ2v) is 5.78. The average molecular weight is 265 g/mol. The van der Waals surface area contributed by atoms with Crippen LogP contribution in [-0.4, -0.2) is 30.9 Å². The van der Waals surface area contributed by atoms with E-state index < -0.39 is 0 Å². The second kappa shape index (κ2) is 6.92. The molecule has 0 aliphatic rings. The summed E-state index contributed by atoms with van der Waals surface area (Å²) in [5.41, 5.74) is 3.76. The van der Waals surface area contributed by atoms with Crippen molar-refractivity contribution in [3.8, 4) is 5.75 Å². The maximum Gasteiger partial charge on any atom is 0.122 e. The Labute approximate surface area is 117 Å². The molecule has 0 aromatic heterocycles. The molecule has 19 heavy (non-hydrogen) atoms. The molecule has 0 saturated carbocycles. The number of benzene rings is 1. The Morgan fingerprint density at radius 1 is 1.21 bits per heavy atom. The molecule has 0 amide bonds. The molecule has 0 unspecified atom stereocenters. The number of aliphatic hydroxyl groups is 1. The number of aliphatic hydroxyl groups excluding tert-OH is 1. The Balaban J connectivity index is 2.65. The number of rotatable bonds is 7. The van der Waals surface area contributed by atoms with Crippen molar-refractivity contribution in [2.24, 2.45) is 0 Å². The molecule has 108 valence electrons. The molecule has 0 heterocycles. The predicted molar refractivity (Wildman–Crippen MR) is 80.0 cm³/mol. The van der Waals surface area contributed by atoms with E-state index in [1.54, 1.807) is 7.11 Å². The first-order chi connectivity index (χ1) is 8.89. The van der Waals surface area contributed by atoms with Gasteiger partial charge in [-0.1, -0.05) is 6.07 Å². The zero-order valence-electron chi connectivity index (χ0n) is 12.8. The van der Waals surface area contributed by atoms with Gasteiger partial charge in [0.1, 0.15) is 5.75 Å². The smallest absolute Gasteiger partial charge is 0.122 e. The van der Waals surface area contributed by atoms with Crippen LogP contribution in [-0.2, 0) is 6.42 Å². The molecule has 0 atom stereocenters. The summed E-state index contributed by atoms with van der Waals surface area (Å²) in [5.74, 6) is 0.963. The first-order valence-electron chi connectivity index (χ1n) is 6.89. The van der Waals surface area contributed by atoms with E-state index in [1.807, 2.05) is 0 Å². The van der Waals surface area contributed by atoms with Gasteiger partial charge in [0.05, 0.1) is 7.11 Å². The van der Waals surface area contributed by atoms with Crippen molar-refractivity contribution in [2.75, 3.05) is 20.3 Å². The summed E-state index contributed by atoms with van der Waals surface area (Å²) in [6.45, 7) is 9.55. The minimum Gasteiger partial charge on any atom is -0.496 e. The highest BCUT2D eigenvalue weighted by Gasteiger charge is 2.16. The summed E-state index contributed by atoms with van der Waals surface area (Å²) in [6, 6.07) is 4.30. The van der Waals surface area contributed by atoms with Crippen LogP contribution in [0.2, 0.25) is 0 Å². The fourth-order valence-corrected chi connectivity index (χ4v) is 2.14. The monoisotopic (exact) mass is 265 g/mol. The quantitative estimate of drug-likeness (QED) is 0.796. The fraction of sp³-hybridized carbons (Fsp3) is 0.625. The van der Waals surface area contributed by atoms with Gasteiger partial charge >= 0.3 is 0 Å². The minimum absolute atomic E-state index is 0.0261. The van der Waals surface area contributed by atoms with Crippen molar-refractivity contribution in [1.82, 2.24) is 5.32 Å². The average Bonchev–Trinajstić information content (AvgIpc) is 2.33. The molecular weight excluding hydrogens is 238 g/mol. The lowest BCUT2D eigenvalue weighted by atomic mass is 9.99. The third kappa shape index (κ3) is 4.84. The van der Waals surface area contributed by atoms with Crippen LogP contribution in [0.25, 0.3) is 0 Å². The van der Waals surface area contributed by atoms with Crippen LogP contribution in [0.15, 0.2) is 12.1 Å². The van der Waals surface area contributed by atoms with Crippen molar-refractivity contribution in [3.05, 3.63) is 28.8 Å². The Kier molecular flexibility index (Phi) is 5.83. The van der Waals surface area contributed by atoms with Gasteiger partial charge in [-0.25, -0.2) is 0 Å². The van der Waals surface area contributed by atoms with E-state index in [4.69, 9.17) is 9.84 Å². The molecular formula is C16H27NO2. The molecule has 0 saturated heterocycles. The van der Waals surface area contributed by atoms with E-state index >= 15 is 0 Å². The molecule has 0 radical (unpaired) electrons. The van der Waals surface area contributed by atoms with Crippen LogP contribution < -0.4 is 10.1 Å². The Morgan fingerprint density at radius 3 is 2.42 bits per heavy atom. The molecule has 3 heteroatoms. The zero-order chi connectivity index (χ0) is 14.5. The van der Waals surface area contributed by atoms with Gasteiger partial charge in [0, 0.05) is 12.1 Å². The van der Waals surface area contributed by atoms with E-state index in [0.29, 0.717) is 0 Å². The largest absolute Gasteiger partial charge is 0.496 e. The highest BCUT2D eigenvalue weighted by molar-refractivity contribution is 5.41. The lowest BCUT2D eigenvalue weighted by Gasteiger charge is -2.25. The van der Waals surface area contributed by atoms with Crippen LogP contribution in [0.4, 0.5) is 0 Å². The molecule has 0 aliphatic carbocycles. The summed E-state index contributed by atoms with van der Waals surface area (Å²) in [4.78, 5) is 0. The standard InChI is InChI=1S/C16H27NO2/c1-12-10-14(15(19-5)11-13(12)2)6-8-17-16(3,4)7-9-18/h10-11,17-18H,6-9H2,1-5H3.